The minimum Gasteiger partial charge on any atom is -0.340 e. The molecule has 5 nitrogen and oxygen atoms in total. The zero-order valence-electron chi connectivity index (χ0n) is 12.9. The molecule has 0 unspecified atom stereocenters. The molecule has 5 radical (unpaired) electrons. The molecule has 23 heavy (non-hydrogen) atoms. The summed E-state index contributed by atoms with van der Waals surface area (Å²) in [4.78, 5) is 14.1. The van der Waals surface area contributed by atoms with Crippen molar-refractivity contribution in [3.63, 3.8) is 0 Å². The number of benzene rings is 1. The third kappa shape index (κ3) is 3.25. The quantitative estimate of drug-likeness (QED) is 0.870. The first kappa shape index (κ1) is 15.6. The van der Waals surface area contributed by atoms with Crippen molar-refractivity contribution in [3.8, 4) is 5.69 Å². The highest BCUT2D eigenvalue weighted by Gasteiger charge is 2.25. The smallest absolute Gasteiger partial charge is 0.276 e. The number of hydrogen-bond acceptors (Lipinski definition) is 3. The predicted octanol–water partition coefficient (Wildman–Crippen LogP) is 2.19. The molecule has 1 fully saturated rings. The molecule has 0 aliphatic heterocycles. The molecule has 1 heterocycles. The van der Waals surface area contributed by atoms with E-state index in [4.69, 9.17) is 0 Å². The molecule has 1 aliphatic rings. The van der Waals surface area contributed by atoms with Gasteiger partial charge < -0.3 is 4.90 Å². The van der Waals surface area contributed by atoms with E-state index in [1.165, 1.54) is 16.8 Å². The first-order chi connectivity index (χ1) is 11.1. The Balaban J connectivity index is 1.77. The Kier molecular flexibility index (Phi) is 4.41. The Morgan fingerprint density at radius 2 is 1.87 bits per heavy atom. The van der Waals surface area contributed by atoms with E-state index in [1.807, 2.05) is 25.7 Å². The van der Waals surface area contributed by atoms with E-state index in [0.717, 1.165) is 5.92 Å². The van der Waals surface area contributed by atoms with E-state index in [0.29, 0.717) is 23.6 Å². The third-order valence-corrected chi connectivity index (χ3v) is 3.67. The Labute approximate surface area is 135 Å². The van der Waals surface area contributed by atoms with Crippen LogP contribution in [0.15, 0.2) is 24.3 Å². The van der Waals surface area contributed by atoms with Crippen molar-refractivity contribution in [1.82, 2.24) is 19.9 Å². The van der Waals surface area contributed by atoms with Crippen LogP contribution < -0.4 is 0 Å². The lowest BCUT2D eigenvalue weighted by Gasteiger charge is -2.19. The molecule has 0 spiro atoms. The molecule has 0 saturated heterocycles. The number of hydrogen-bond donors (Lipinski definition) is 0. The van der Waals surface area contributed by atoms with E-state index in [2.05, 4.69) is 10.3 Å². The third-order valence-electron chi connectivity index (χ3n) is 3.67. The molecular formula is C17H16FN4O. The zero-order valence-corrected chi connectivity index (χ0v) is 12.9. The summed E-state index contributed by atoms with van der Waals surface area (Å²) in [5.74, 6) is 0.541. The highest BCUT2D eigenvalue weighted by atomic mass is 19.1. The summed E-state index contributed by atoms with van der Waals surface area (Å²) in [6, 6.07) is 5.89. The second-order valence-corrected chi connectivity index (χ2v) is 5.37. The van der Waals surface area contributed by atoms with Gasteiger partial charge in [-0.25, -0.2) is 9.07 Å². The molecule has 0 bridgehead atoms. The van der Waals surface area contributed by atoms with Gasteiger partial charge in [0.15, 0.2) is 5.69 Å². The average molecular weight is 311 g/mol. The largest absolute Gasteiger partial charge is 0.340 e. The highest BCUT2D eigenvalue weighted by molar-refractivity contribution is 5.93. The topological polar surface area (TPSA) is 51.0 Å². The van der Waals surface area contributed by atoms with Crippen LogP contribution in [0.1, 0.15) is 16.2 Å². The first-order valence-corrected chi connectivity index (χ1v) is 7.20. The number of aromatic nitrogens is 3. The molecule has 0 N–H and O–H groups in total. The SMILES string of the molecule is Cc1c(C(=O)N(C)C[C]2[CH][CH][CH][CH]2)nnn1-c1ccc(F)cc1. The number of rotatable bonds is 4. The van der Waals surface area contributed by atoms with Crippen LogP contribution in [-0.2, 0) is 0 Å². The number of nitrogens with zero attached hydrogens (tertiary/aromatic N) is 4. The molecular weight excluding hydrogens is 295 g/mol. The van der Waals surface area contributed by atoms with Crippen molar-refractivity contribution in [1.29, 1.82) is 0 Å². The van der Waals surface area contributed by atoms with Crippen LogP contribution in [0.25, 0.3) is 5.69 Å². The second kappa shape index (κ2) is 6.48. The molecule has 3 rings (SSSR count). The summed E-state index contributed by atoms with van der Waals surface area (Å²) in [5.41, 5.74) is 1.58. The molecule has 1 amide bonds. The number of amides is 1. The van der Waals surface area contributed by atoms with Crippen LogP contribution in [0, 0.1) is 44.3 Å². The lowest BCUT2D eigenvalue weighted by molar-refractivity contribution is 0.0796. The minimum absolute atomic E-state index is 0.197. The molecule has 1 aromatic carbocycles. The van der Waals surface area contributed by atoms with Gasteiger partial charge >= 0.3 is 0 Å². The summed E-state index contributed by atoms with van der Waals surface area (Å²) < 4.78 is 14.5. The van der Waals surface area contributed by atoms with Crippen molar-refractivity contribution in [2.24, 2.45) is 0 Å². The summed E-state index contributed by atoms with van der Waals surface area (Å²) >= 11 is 0. The van der Waals surface area contributed by atoms with Crippen molar-refractivity contribution < 1.29 is 9.18 Å². The highest BCUT2D eigenvalue weighted by Crippen LogP contribution is 2.24. The molecule has 6 heteroatoms. The molecule has 117 valence electrons. The summed E-state index contributed by atoms with van der Waals surface area (Å²) in [7, 11) is 1.73. The van der Waals surface area contributed by atoms with Crippen molar-refractivity contribution >= 4 is 5.91 Å². The van der Waals surface area contributed by atoms with Gasteiger partial charge in [-0.05, 0) is 56.9 Å². The zero-order chi connectivity index (χ0) is 16.4. The maximum atomic E-state index is 13.0. The van der Waals surface area contributed by atoms with Gasteiger partial charge in [0.25, 0.3) is 5.91 Å². The van der Waals surface area contributed by atoms with E-state index in [9.17, 15) is 9.18 Å². The maximum absolute atomic E-state index is 13.0. The van der Waals surface area contributed by atoms with Crippen molar-refractivity contribution in [3.05, 3.63) is 73.1 Å². The Hall–Kier alpha value is -2.24. The number of carbonyl (C=O) groups is 1. The molecule has 2 aromatic rings. The lowest BCUT2D eigenvalue weighted by Crippen LogP contribution is -2.31. The van der Waals surface area contributed by atoms with E-state index in [-0.39, 0.29) is 11.7 Å². The average Bonchev–Trinajstić information content (AvgIpc) is 3.17. The van der Waals surface area contributed by atoms with Gasteiger partial charge in [-0.15, -0.1) is 5.10 Å². The Morgan fingerprint density at radius 1 is 1.22 bits per heavy atom. The molecule has 0 atom stereocenters. The van der Waals surface area contributed by atoms with Crippen LogP contribution in [0.5, 0.6) is 0 Å². The normalized spacial score (nSPS) is 15.1. The maximum Gasteiger partial charge on any atom is 0.276 e. The standard InChI is InChI=1S/C17H16FN4O/c1-12-16(17(23)21(2)11-13-5-3-4-6-13)19-20-22(12)15-9-7-14(18)8-10-15/h3-10H,11H2,1-2H3. The van der Waals surface area contributed by atoms with Gasteiger partial charge in [-0.2, -0.15) is 0 Å². The second-order valence-electron chi connectivity index (χ2n) is 5.37. The molecule has 1 saturated carbocycles. The van der Waals surface area contributed by atoms with Gasteiger partial charge in [0.1, 0.15) is 5.82 Å². The Morgan fingerprint density at radius 3 is 2.52 bits per heavy atom. The van der Waals surface area contributed by atoms with Gasteiger partial charge in [0.2, 0.25) is 0 Å². The lowest BCUT2D eigenvalue weighted by atomic mass is 10.1. The van der Waals surface area contributed by atoms with Crippen molar-refractivity contribution in [2.75, 3.05) is 13.6 Å². The van der Waals surface area contributed by atoms with E-state index < -0.39 is 0 Å². The van der Waals surface area contributed by atoms with Gasteiger partial charge in [0.05, 0.1) is 11.4 Å². The first-order valence-electron chi connectivity index (χ1n) is 7.20. The predicted molar refractivity (Wildman–Crippen MR) is 83.5 cm³/mol. The number of halogens is 1. The minimum atomic E-state index is -0.322. The summed E-state index contributed by atoms with van der Waals surface area (Å²) in [5, 5.41) is 8.01. The van der Waals surface area contributed by atoms with Gasteiger partial charge in [-0.1, -0.05) is 5.21 Å². The molecule has 1 aromatic heterocycles. The van der Waals surface area contributed by atoms with Gasteiger partial charge in [-0.3, -0.25) is 4.79 Å². The number of carbonyl (C=O) groups excluding carboxylic acids is 1. The fraction of sp³-hybridized carbons (Fsp3) is 0.176. The molecule has 1 aliphatic carbocycles. The fourth-order valence-electron chi connectivity index (χ4n) is 2.40. The van der Waals surface area contributed by atoms with Crippen LogP contribution in [-0.4, -0.2) is 39.4 Å². The monoisotopic (exact) mass is 311 g/mol. The Bertz CT molecular complexity index is 689. The summed E-state index contributed by atoms with van der Waals surface area (Å²) in [6.07, 6.45) is 7.80. The fourth-order valence-corrected chi connectivity index (χ4v) is 2.40. The summed E-state index contributed by atoms with van der Waals surface area (Å²) in [6.45, 7) is 2.28. The van der Waals surface area contributed by atoms with Crippen LogP contribution in [0.4, 0.5) is 4.39 Å². The van der Waals surface area contributed by atoms with Crippen LogP contribution >= 0.6 is 0 Å². The van der Waals surface area contributed by atoms with Crippen LogP contribution in [0.2, 0.25) is 0 Å². The van der Waals surface area contributed by atoms with Gasteiger partial charge in [0, 0.05) is 19.5 Å². The van der Waals surface area contributed by atoms with Crippen molar-refractivity contribution in [2.45, 2.75) is 6.92 Å². The van der Waals surface area contributed by atoms with Crippen LogP contribution in [0.3, 0.4) is 0 Å². The van der Waals surface area contributed by atoms with E-state index in [1.54, 1.807) is 31.0 Å². The van der Waals surface area contributed by atoms with E-state index >= 15 is 0 Å².